The number of aryl methyl sites for hydroxylation is 3. The molecule has 0 aliphatic carbocycles. The Hall–Kier alpha value is -3.25. The van der Waals surface area contributed by atoms with Crippen LogP contribution in [0.25, 0.3) is 16.7 Å². The molecule has 1 unspecified atom stereocenters. The average Bonchev–Trinajstić information content (AvgIpc) is 2.76. The first kappa shape index (κ1) is 21.0. The maximum absolute atomic E-state index is 13.3. The molecular formula is C25H23N3O2S. The van der Waals surface area contributed by atoms with Crippen LogP contribution in [0.15, 0.2) is 70.7 Å². The highest BCUT2D eigenvalue weighted by atomic mass is 32.2. The van der Waals surface area contributed by atoms with Crippen molar-refractivity contribution >= 4 is 28.4 Å². The third-order valence-corrected chi connectivity index (χ3v) is 6.36. The van der Waals surface area contributed by atoms with Gasteiger partial charge in [0.2, 0.25) is 0 Å². The summed E-state index contributed by atoms with van der Waals surface area (Å²) in [6, 6.07) is 16.7. The van der Waals surface area contributed by atoms with Crippen molar-refractivity contribution in [2.75, 3.05) is 0 Å². The molecule has 6 heteroatoms. The minimum absolute atomic E-state index is 0.000997. The third-order valence-electron chi connectivity index (χ3n) is 5.31. The summed E-state index contributed by atoms with van der Waals surface area (Å²) in [6.45, 7) is 7.80. The summed E-state index contributed by atoms with van der Waals surface area (Å²) in [7, 11) is 0. The number of carbonyl (C=O) groups is 1. The van der Waals surface area contributed by atoms with E-state index < -0.39 is 5.25 Å². The first-order valence-electron chi connectivity index (χ1n) is 10.1. The van der Waals surface area contributed by atoms with Gasteiger partial charge in [0.1, 0.15) is 5.82 Å². The molecular weight excluding hydrogens is 406 g/mol. The van der Waals surface area contributed by atoms with Gasteiger partial charge in [-0.1, -0.05) is 42.1 Å². The number of hydrogen-bond donors (Lipinski definition) is 0. The molecule has 5 nitrogen and oxygen atoms in total. The lowest BCUT2D eigenvalue weighted by molar-refractivity contribution is 0.0993. The highest BCUT2D eigenvalue weighted by Gasteiger charge is 2.22. The van der Waals surface area contributed by atoms with Gasteiger partial charge in [-0.05, 0) is 68.7 Å². The zero-order valence-corrected chi connectivity index (χ0v) is 18.7. The zero-order chi connectivity index (χ0) is 22.1. The van der Waals surface area contributed by atoms with Crippen LogP contribution in [-0.2, 0) is 0 Å². The van der Waals surface area contributed by atoms with Crippen molar-refractivity contribution in [1.29, 1.82) is 0 Å². The fourth-order valence-electron chi connectivity index (χ4n) is 3.33. The molecule has 0 amide bonds. The summed E-state index contributed by atoms with van der Waals surface area (Å²) >= 11 is 1.27. The first-order valence-corrected chi connectivity index (χ1v) is 11.0. The molecule has 0 bridgehead atoms. The number of para-hydroxylation sites is 1. The predicted octanol–water partition coefficient (Wildman–Crippen LogP) is 5.07. The van der Waals surface area contributed by atoms with Crippen LogP contribution in [-0.4, -0.2) is 25.6 Å². The smallest absolute Gasteiger partial charge is 0.267 e. The number of thioether (sulfide) groups is 1. The maximum atomic E-state index is 13.3. The number of benzene rings is 2. The number of pyridine rings is 1. The Morgan fingerprint density at radius 2 is 1.77 bits per heavy atom. The zero-order valence-electron chi connectivity index (χ0n) is 17.9. The molecule has 0 radical (unpaired) electrons. The van der Waals surface area contributed by atoms with Gasteiger partial charge in [-0.3, -0.25) is 9.59 Å². The number of fused-ring (bicyclic) bond motifs is 1. The van der Waals surface area contributed by atoms with Crippen LogP contribution in [0.3, 0.4) is 0 Å². The van der Waals surface area contributed by atoms with E-state index in [0.29, 0.717) is 27.4 Å². The minimum Gasteiger partial charge on any atom is -0.293 e. The summed E-state index contributed by atoms with van der Waals surface area (Å²) < 4.78 is 1.50. The standard InChI is InChI=1S/C25H23N3O2S/c1-15-9-12-22(26-14-15)28-24(30)20-7-5-6-8-21(20)27-25(28)31-18(4)23(29)19-11-10-16(2)17(3)13-19/h5-14,18H,1-4H3. The first-order chi connectivity index (χ1) is 14.8. The summed E-state index contributed by atoms with van der Waals surface area (Å²) in [5.41, 5.74) is 4.28. The lowest BCUT2D eigenvalue weighted by Gasteiger charge is -2.16. The second-order valence-electron chi connectivity index (χ2n) is 7.67. The van der Waals surface area contributed by atoms with Gasteiger partial charge in [-0.2, -0.15) is 0 Å². The van der Waals surface area contributed by atoms with E-state index >= 15 is 0 Å². The van der Waals surface area contributed by atoms with E-state index in [0.717, 1.165) is 16.7 Å². The lowest BCUT2D eigenvalue weighted by atomic mass is 10.0. The molecule has 0 aliphatic rings. The molecule has 2 aromatic heterocycles. The number of rotatable bonds is 5. The summed E-state index contributed by atoms with van der Waals surface area (Å²) in [6.07, 6.45) is 1.72. The van der Waals surface area contributed by atoms with Gasteiger partial charge < -0.3 is 0 Å². The van der Waals surface area contributed by atoms with Gasteiger partial charge in [0.15, 0.2) is 10.9 Å². The molecule has 4 rings (SSSR count). The molecule has 1 atom stereocenters. The second-order valence-corrected chi connectivity index (χ2v) is 8.98. The third kappa shape index (κ3) is 4.16. The SMILES string of the molecule is Cc1ccc(-n2c(SC(C)C(=O)c3ccc(C)c(C)c3)nc3ccccc3c2=O)nc1. The van der Waals surface area contributed by atoms with E-state index in [9.17, 15) is 9.59 Å². The van der Waals surface area contributed by atoms with E-state index in [4.69, 9.17) is 4.98 Å². The van der Waals surface area contributed by atoms with Crippen LogP contribution < -0.4 is 5.56 Å². The Labute approximate surface area is 185 Å². The van der Waals surface area contributed by atoms with Crippen LogP contribution >= 0.6 is 11.8 Å². The highest BCUT2D eigenvalue weighted by molar-refractivity contribution is 8.00. The lowest BCUT2D eigenvalue weighted by Crippen LogP contribution is -2.24. The molecule has 0 N–H and O–H groups in total. The van der Waals surface area contributed by atoms with Crippen molar-refractivity contribution in [3.05, 3.63) is 93.4 Å². The number of ketones is 1. The normalized spacial score (nSPS) is 12.1. The molecule has 156 valence electrons. The molecule has 0 aliphatic heterocycles. The minimum atomic E-state index is -0.424. The molecule has 0 spiro atoms. The van der Waals surface area contributed by atoms with E-state index in [1.807, 2.05) is 70.2 Å². The topological polar surface area (TPSA) is 64.8 Å². The van der Waals surface area contributed by atoms with Crippen LogP contribution in [0.4, 0.5) is 0 Å². The highest BCUT2D eigenvalue weighted by Crippen LogP contribution is 2.27. The molecule has 0 saturated heterocycles. The van der Waals surface area contributed by atoms with E-state index in [2.05, 4.69) is 4.98 Å². The van der Waals surface area contributed by atoms with Crippen molar-refractivity contribution in [2.24, 2.45) is 0 Å². The van der Waals surface area contributed by atoms with Crippen LogP contribution in [0.1, 0.15) is 34.0 Å². The van der Waals surface area contributed by atoms with Gasteiger partial charge in [0, 0.05) is 11.8 Å². The van der Waals surface area contributed by atoms with E-state index in [1.54, 1.807) is 18.3 Å². The van der Waals surface area contributed by atoms with Crippen molar-refractivity contribution in [1.82, 2.24) is 14.5 Å². The quantitative estimate of drug-likeness (QED) is 0.252. The molecule has 0 fully saturated rings. The van der Waals surface area contributed by atoms with Crippen molar-refractivity contribution in [2.45, 2.75) is 38.1 Å². The number of nitrogens with zero attached hydrogens (tertiary/aromatic N) is 3. The molecule has 2 heterocycles. The number of carbonyl (C=O) groups excluding carboxylic acids is 1. The van der Waals surface area contributed by atoms with Crippen molar-refractivity contribution < 1.29 is 4.79 Å². The largest absolute Gasteiger partial charge is 0.293 e. The monoisotopic (exact) mass is 429 g/mol. The molecule has 2 aromatic carbocycles. The molecule has 4 aromatic rings. The Balaban J connectivity index is 1.79. The van der Waals surface area contributed by atoms with Crippen molar-refractivity contribution in [3.8, 4) is 5.82 Å². The predicted molar refractivity (Wildman–Crippen MR) is 125 cm³/mol. The van der Waals surface area contributed by atoms with Gasteiger partial charge in [0.05, 0.1) is 16.2 Å². The number of hydrogen-bond acceptors (Lipinski definition) is 5. The van der Waals surface area contributed by atoms with Crippen LogP contribution in [0, 0.1) is 20.8 Å². The Morgan fingerprint density at radius 3 is 2.48 bits per heavy atom. The molecule has 31 heavy (non-hydrogen) atoms. The van der Waals surface area contributed by atoms with E-state index in [1.165, 1.54) is 16.3 Å². The average molecular weight is 430 g/mol. The molecule has 0 saturated carbocycles. The summed E-state index contributed by atoms with van der Waals surface area (Å²) in [5.74, 6) is 0.487. The van der Waals surface area contributed by atoms with Gasteiger partial charge >= 0.3 is 0 Å². The van der Waals surface area contributed by atoms with Gasteiger partial charge in [-0.25, -0.2) is 14.5 Å². The van der Waals surface area contributed by atoms with Crippen molar-refractivity contribution in [3.63, 3.8) is 0 Å². The number of Topliss-reactive ketones (excluding diaryl/α,β-unsaturated/α-hetero) is 1. The van der Waals surface area contributed by atoms with Gasteiger partial charge in [-0.15, -0.1) is 0 Å². The Kier molecular flexibility index (Phi) is 5.74. The van der Waals surface area contributed by atoms with Gasteiger partial charge in [0.25, 0.3) is 5.56 Å². The Bertz CT molecular complexity index is 1340. The number of aromatic nitrogens is 3. The van der Waals surface area contributed by atoms with Crippen LogP contribution in [0.2, 0.25) is 0 Å². The van der Waals surface area contributed by atoms with Crippen LogP contribution in [0.5, 0.6) is 0 Å². The fourth-order valence-corrected chi connectivity index (χ4v) is 4.32. The second kappa shape index (κ2) is 8.47. The summed E-state index contributed by atoms with van der Waals surface area (Å²) in [5, 5.41) is 0.541. The maximum Gasteiger partial charge on any atom is 0.267 e. The van der Waals surface area contributed by atoms with E-state index in [-0.39, 0.29) is 11.3 Å². The Morgan fingerprint density at radius 1 is 1.00 bits per heavy atom. The summed E-state index contributed by atoms with van der Waals surface area (Å²) in [4.78, 5) is 35.6. The fraction of sp³-hybridized carbons (Fsp3) is 0.200.